The molecule has 1 aromatic rings. The number of thiazole rings is 1. The van der Waals surface area contributed by atoms with Gasteiger partial charge in [0, 0.05) is 37.1 Å². The van der Waals surface area contributed by atoms with E-state index >= 15 is 0 Å². The largest absolute Gasteiger partial charge is 0.379 e. The number of hydrogen-bond donors (Lipinski definition) is 0. The highest BCUT2D eigenvalue weighted by Gasteiger charge is 2.16. The van der Waals surface area contributed by atoms with Crippen LogP contribution in [0, 0.1) is 5.41 Å². The molecule has 4 heteroatoms. The van der Waals surface area contributed by atoms with E-state index in [0.29, 0.717) is 5.41 Å². The Labute approximate surface area is 108 Å². The Hall–Kier alpha value is -0.450. The van der Waals surface area contributed by atoms with Crippen molar-refractivity contribution in [3.05, 3.63) is 16.1 Å². The van der Waals surface area contributed by atoms with Crippen molar-refractivity contribution in [2.75, 3.05) is 26.3 Å². The van der Waals surface area contributed by atoms with E-state index in [-0.39, 0.29) is 0 Å². The summed E-state index contributed by atoms with van der Waals surface area (Å²) < 4.78 is 5.35. The highest BCUT2D eigenvalue weighted by molar-refractivity contribution is 7.11. The summed E-state index contributed by atoms with van der Waals surface area (Å²) in [6, 6.07) is 0. The molecule has 0 spiro atoms. The number of morpholine rings is 1. The summed E-state index contributed by atoms with van der Waals surface area (Å²) in [7, 11) is 0. The van der Waals surface area contributed by atoms with Gasteiger partial charge in [0.25, 0.3) is 0 Å². The van der Waals surface area contributed by atoms with Gasteiger partial charge in [-0.25, -0.2) is 4.98 Å². The first-order valence-corrected chi connectivity index (χ1v) is 7.08. The normalized spacial score (nSPS) is 18.5. The first kappa shape index (κ1) is 13.0. The molecule has 0 bridgehead atoms. The van der Waals surface area contributed by atoms with Crippen LogP contribution in [-0.2, 0) is 17.7 Å². The van der Waals surface area contributed by atoms with Crippen molar-refractivity contribution < 1.29 is 4.74 Å². The van der Waals surface area contributed by atoms with E-state index in [9.17, 15) is 0 Å². The van der Waals surface area contributed by atoms with Crippen LogP contribution in [0.5, 0.6) is 0 Å². The predicted molar refractivity (Wildman–Crippen MR) is 71.4 cm³/mol. The van der Waals surface area contributed by atoms with Crippen molar-refractivity contribution in [3.63, 3.8) is 0 Å². The highest BCUT2D eigenvalue weighted by Crippen LogP contribution is 2.24. The van der Waals surface area contributed by atoms with Gasteiger partial charge in [-0.15, -0.1) is 11.3 Å². The van der Waals surface area contributed by atoms with E-state index in [2.05, 4.69) is 30.7 Å². The Morgan fingerprint density at radius 2 is 2.06 bits per heavy atom. The third-order valence-corrected chi connectivity index (χ3v) is 3.75. The van der Waals surface area contributed by atoms with Crippen LogP contribution in [0.1, 0.15) is 30.7 Å². The van der Waals surface area contributed by atoms with Crippen molar-refractivity contribution >= 4 is 11.3 Å². The van der Waals surface area contributed by atoms with Crippen LogP contribution >= 0.6 is 11.3 Å². The summed E-state index contributed by atoms with van der Waals surface area (Å²) in [6.45, 7) is 11.6. The summed E-state index contributed by atoms with van der Waals surface area (Å²) in [4.78, 5) is 8.35. The molecule has 96 valence electrons. The predicted octanol–water partition coefficient (Wildman–Crippen LogP) is 2.56. The molecule has 17 heavy (non-hydrogen) atoms. The topological polar surface area (TPSA) is 25.4 Å². The maximum atomic E-state index is 5.35. The lowest BCUT2D eigenvalue weighted by Crippen LogP contribution is -2.35. The van der Waals surface area contributed by atoms with Crippen molar-refractivity contribution in [2.24, 2.45) is 5.41 Å². The molecule has 2 heterocycles. The average Bonchev–Trinajstić information content (AvgIpc) is 2.64. The zero-order valence-corrected chi connectivity index (χ0v) is 11.8. The molecule has 2 rings (SSSR count). The summed E-state index contributed by atoms with van der Waals surface area (Å²) in [5.41, 5.74) is 0.327. The SMILES string of the molecule is CC(C)(C)Cc1ncc(CN2CCOCC2)s1. The molecule has 1 aromatic heterocycles. The smallest absolute Gasteiger partial charge is 0.0933 e. The fourth-order valence-corrected chi connectivity index (χ4v) is 3.20. The van der Waals surface area contributed by atoms with E-state index < -0.39 is 0 Å². The highest BCUT2D eigenvalue weighted by atomic mass is 32.1. The molecule has 0 aromatic carbocycles. The minimum Gasteiger partial charge on any atom is -0.379 e. The molecule has 1 aliphatic rings. The molecule has 0 radical (unpaired) electrons. The van der Waals surface area contributed by atoms with Gasteiger partial charge in [-0.1, -0.05) is 20.8 Å². The van der Waals surface area contributed by atoms with Crippen molar-refractivity contribution in [1.82, 2.24) is 9.88 Å². The quantitative estimate of drug-likeness (QED) is 0.829. The van der Waals surface area contributed by atoms with E-state index in [1.54, 1.807) is 0 Å². The minimum atomic E-state index is 0.327. The molecule has 3 nitrogen and oxygen atoms in total. The Balaban J connectivity index is 1.89. The van der Waals surface area contributed by atoms with Crippen LogP contribution < -0.4 is 0 Å². The van der Waals surface area contributed by atoms with Gasteiger partial charge in [0.05, 0.1) is 18.2 Å². The van der Waals surface area contributed by atoms with Gasteiger partial charge in [-0.2, -0.15) is 0 Å². The summed E-state index contributed by atoms with van der Waals surface area (Å²) in [6.07, 6.45) is 3.11. The van der Waals surface area contributed by atoms with Crippen molar-refractivity contribution in [3.8, 4) is 0 Å². The zero-order chi connectivity index (χ0) is 12.3. The van der Waals surface area contributed by atoms with Gasteiger partial charge in [0.1, 0.15) is 0 Å². The van der Waals surface area contributed by atoms with Gasteiger partial charge in [-0.3, -0.25) is 4.90 Å². The van der Waals surface area contributed by atoms with E-state index in [1.807, 2.05) is 17.5 Å². The number of hydrogen-bond acceptors (Lipinski definition) is 4. The first-order chi connectivity index (χ1) is 8.03. The number of nitrogens with zero attached hydrogens (tertiary/aromatic N) is 2. The van der Waals surface area contributed by atoms with Gasteiger partial charge >= 0.3 is 0 Å². The molecular weight excluding hydrogens is 232 g/mol. The third-order valence-electron chi connectivity index (χ3n) is 2.77. The third kappa shape index (κ3) is 4.37. The monoisotopic (exact) mass is 254 g/mol. The Kier molecular flexibility index (Phi) is 4.17. The molecule has 0 unspecified atom stereocenters. The Bertz CT molecular complexity index is 351. The molecule has 1 aliphatic heterocycles. The van der Waals surface area contributed by atoms with Crippen LogP contribution in [0.4, 0.5) is 0 Å². The van der Waals surface area contributed by atoms with E-state index in [0.717, 1.165) is 39.3 Å². The number of ether oxygens (including phenoxy) is 1. The number of aromatic nitrogens is 1. The van der Waals surface area contributed by atoms with Crippen LogP contribution in [0.3, 0.4) is 0 Å². The molecular formula is C13H22N2OS. The lowest BCUT2D eigenvalue weighted by Gasteiger charge is -2.25. The molecule has 0 amide bonds. The fourth-order valence-electron chi connectivity index (χ4n) is 1.94. The van der Waals surface area contributed by atoms with Crippen molar-refractivity contribution in [1.29, 1.82) is 0 Å². The molecule has 1 saturated heterocycles. The minimum absolute atomic E-state index is 0.327. The van der Waals surface area contributed by atoms with Crippen molar-refractivity contribution in [2.45, 2.75) is 33.7 Å². The van der Waals surface area contributed by atoms with Crippen LogP contribution in [0.2, 0.25) is 0 Å². The molecule has 0 atom stereocenters. The summed E-state index contributed by atoms with van der Waals surface area (Å²) in [5.74, 6) is 0. The molecule has 0 N–H and O–H groups in total. The summed E-state index contributed by atoms with van der Waals surface area (Å²) in [5, 5.41) is 1.26. The summed E-state index contributed by atoms with van der Waals surface area (Å²) >= 11 is 1.86. The lowest BCUT2D eigenvalue weighted by molar-refractivity contribution is 0.0346. The van der Waals surface area contributed by atoms with Gasteiger partial charge in [-0.05, 0) is 5.41 Å². The van der Waals surface area contributed by atoms with E-state index in [1.165, 1.54) is 9.88 Å². The lowest BCUT2D eigenvalue weighted by atomic mass is 9.93. The van der Waals surface area contributed by atoms with E-state index in [4.69, 9.17) is 4.74 Å². The maximum absolute atomic E-state index is 5.35. The van der Waals surface area contributed by atoms with Crippen LogP contribution in [-0.4, -0.2) is 36.2 Å². The molecule has 1 fully saturated rings. The first-order valence-electron chi connectivity index (χ1n) is 6.27. The standard InChI is InChI=1S/C13H22N2OS/c1-13(2,3)8-12-14-9-11(17-12)10-15-4-6-16-7-5-15/h9H,4-8,10H2,1-3H3. The zero-order valence-electron chi connectivity index (χ0n) is 11.0. The second-order valence-electron chi connectivity index (χ2n) is 5.85. The Morgan fingerprint density at radius 1 is 1.35 bits per heavy atom. The van der Waals surface area contributed by atoms with Crippen LogP contribution in [0.25, 0.3) is 0 Å². The molecule has 0 saturated carbocycles. The maximum Gasteiger partial charge on any atom is 0.0933 e. The fraction of sp³-hybridized carbons (Fsp3) is 0.769. The molecule has 0 aliphatic carbocycles. The van der Waals surface area contributed by atoms with Gasteiger partial charge in [0.15, 0.2) is 0 Å². The number of rotatable bonds is 3. The van der Waals surface area contributed by atoms with Gasteiger partial charge < -0.3 is 4.74 Å². The second-order valence-corrected chi connectivity index (χ2v) is 7.05. The van der Waals surface area contributed by atoms with Gasteiger partial charge in [0.2, 0.25) is 0 Å². The second kappa shape index (κ2) is 5.46. The van der Waals surface area contributed by atoms with Crippen LogP contribution in [0.15, 0.2) is 6.20 Å². The Morgan fingerprint density at radius 3 is 2.71 bits per heavy atom. The average molecular weight is 254 g/mol.